The largest absolute Gasteiger partial charge is 0.480 e. The number of aliphatic carboxylic acids is 1. The first-order valence-electron chi connectivity index (χ1n) is 9.75. The SMILES string of the molecule is CC(C)(C)OC(=O)[C@]1(C(=O)O)C[C@]1(CO[Si](C)(C)C(C)(C)C)c1ccccc1. The second-order valence-electron chi connectivity index (χ2n) is 10.4. The van der Waals surface area contributed by atoms with Crippen molar-refractivity contribution in [2.24, 2.45) is 5.41 Å². The van der Waals surface area contributed by atoms with E-state index in [-0.39, 0.29) is 18.1 Å². The van der Waals surface area contributed by atoms with Gasteiger partial charge >= 0.3 is 11.9 Å². The van der Waals surface area contributed by atoms with E-state index in [2.05, 4.69) is 33.9 Å². The molecule has 156 valence electrons. The van der Waals surface area contributed by atoms with Gasteiger partial charge in [0.25, 0.3) is 0 Å². The molecule has 2 rings (SSSR count). The lowest BCUT2D eigenvalue weighted by atomic mass is 9.86. The molecule has 1 saturated carbocycles. The summed E-state index contributed by atoms with van der Waals surface area (Å²) in [7, 11) is -2.13. The molecule has 0 aliphatic heterocycles. The molecule has 1 aromatic rings. The van der Waals surface area contributed by atoms with Crippen molar-refractivity contribution >= 4 is 20.3 Å². The Hall–Kier alpha value is -1.66. The van der Waals surface area contributed by atoms with E-state index in [9.17, 15) is 14.7 Å². The molecule has 0 spiro atoms. The second kappa shape index (κ2) is 6.99. The molecule has 1 aliphatic rings. The Morgan fingerprint density at radius 2 is 1.61 bits per heavy atom. The van der Waals surface area contributed by atoms with Crippen LogP contribution in [0.25, 0.3) is 0 Å². The zero-order valence-corrected chi connectivity index (χ0v) is 19.4. The normalized spacial score (nSPS) is 25.3. The standard InChI is InChI=1S/C22H34O5Si/c1-19(2,3)27-18(25)22(17(23)24)14-21(22,16-12-10-9-11-13-16)15-26-28(7,8)20(4,5)6/h9-13H,14-15H2,1-8H3,(H,23,24)/t21-,22+/m0/s1. The maximum absolute atomic E-state index is 13.0. The number of hydrogen-bond donors (Lipinski definition) is 1. The average Bonchev–Trinajstić information content (AvgIpc) is 3.23. The number of carbonyl (C=O) groups excluding carboxylic acids is 1. The van der Waals surface area contributed by atoms with Crippen molar-refractivity contribution in [3.63, 3.8) is 0 Å². The minimum Gasteiger partial charge on any atom is -0.480 e. The molecule has 5 nitrogen and oxygen atoms in total. The minimum atomic E-state index is -2.13. The molecule has 0 unspecified atom stereocenters. The first-order chi connectivity index (χ1) is 12.6. The predicted molar refractivity (Wildman–Crippen MR) is 112 cm³/mol. The molecule has 0 amide bonds. The summed E-state index contributed by atoms with van der Waals surface area (Å²) in [4.78, 5) is 25.4. The van der Waals surface area contributed by atoms with Crippen molar-refractivity contribution in [1.82, 2.24) is 0 Å². The van der Waals surface area contributed by atoms with Gasteiger partial charge in [-0.05, 0) is 50.9 Å². The quantitative estimate of drug-likeness (QED) is 0.419. The number of carbonyl (C=O) groups is 2. The van der Waals surface area contributed by atoms with E-state index in [1.54, 1.807) is 20.8 Å². The van der Waals surface area contributed by atoms with Crippen LogP contribution in [0.4, 0.5) is 0 Å². The first-order valence-corrected chi connectivity index (χ1v) is 12.7. The van der Waals surface area contributed by atoms with Crippen LogP contribution >= 0.6 is 0 Å². The smallest absolute Gasteiger partial charge is 0.325 e. The van der Waals surface area contributed by atoms with Gasteiger partial charge in [0.15, 0.2) is 13.7 Å². The maximum atomic E-state index is 13.0. The van der Waals surface area contributed by atoms with E-state index >= 15 is 0 Å². The van der Waals surface area contributed by atoms with Gasteiger partial charge < -0.3 is 14.3 Å². The highest BCUT2D eigenvalue weighted by Crippen LogP contribution is 2.66. The highest BCUT2D eigenvalue weighted by atomic mass is 28.4. The van der Waals surface area contributed by atoms with Gasteiger partial charge in [-0.3, -0.25) is 9.59 Å². The Morgan fingerprint density at radius 1 is 1.07 bits per heavy atom. The number of ether oxygens (including phenoxy) is 1. The van der Waals surface area contributed by atoms with E-state index in [1.807, 2.05) is 30.3 Å². The van der Waals surface area contributed by atoms with Gasteiger partial charge in [0.1, 0.15) is 5.60 Å². The fourth-order valence-electron chi connectivity index (χ4n) is 3.29. The van der Waals surface area contributed by atoms with Crippen LogP contribution in [0.2, 0.25) is 18.1 Å². The topological polar surface area (TPSA) is 72.8 Å². The molecule has 1 aromatic carbocycles. The summed E-state index contributed by atoms with van der Waals surface area (Å²) in [5, 5.41) is 10.1. The maximum Gasteiger partial charge on any atom is 0.325 e. The van der Waals surface area contributed by atoms with Crippen molar-refractivity contribution in [2.45, 2.75) is 77.1 Å². The average molecular weight is 407 g/mol. The Balaban J connectivity index is 2.47. The van der Waals surface area contributed by atoms with Crippen molar-refractivity contribution in [2.75, 3.05) is 6.61 Å². The molecule has 2 atom stereocenters. The fraction of sp³-hybridized carbons (Fsp3) is 0.636. The number of esters is 1. The van der Waals surface area contributed by atoms with Gasteiger partial charge in [0.05, 0.1) is 0 Å². The Kier molecular flexibility index (Phi) is 5.65. The van der Waals surface area contributed by atoms with E-state index in [1.165, 1.54) is 0 Å². The van der Waals surface area contributed by atoms with Gasteiger partial charge in [-0.2, -0.15) is 0 Å². The van der Waals surface area contributed by atoms with Crippen LogP contribution < -0.4 is 0 Å². The van der Waals surface area contributed by atoms with E-state index in [4.69, 9.17) is 9.16 Å². The van der Waals surface area contributed by atoms with Gasteiger partial charge in [-0.15, -0.1) is 0 Å². The van der Waals surface area contributed by atoms with E-state index in [0.717, 1.165) is 5.56 Å². The molecular weight excluding hydrogens is 372 g/mol. The summed E-state index contributed by atoms with van der Waals surface area (Å²) in [6.45, 7) is 16.1. The number of carboxylic acid groups (broad SMARTS) is 1. The van der Waals surface area contributed by atoms with Crippen LogP contribution in [0.1, 0.15) is 53.5 Å². The summed E-state index contributed by atoms with van der Waals surface area (Å²) < 4.78 is 12.0. The zero-order chi connectivity index (χ0) is 21.6. The summed E-state index contributed by atoms with van der Waals surface area (Å²) in [5.74, 6) is -1.83. The Morgan fingerprint density at radius 3 is 2.04 bits per heavy atom. The van der Waals surface area contributed by atoms with E-state index in [0.29, 0.717) is 0 Å². The van der Waals surface area contributed by atoms with Crippen molar-refractivity contribution in [3.05, 3.63) is 35.9 Å². The van der Waals surface area contributed by atoms with Gasteiger partial charge in [-0.25, -0.2) is 0 Å². The number of benzene rings is 1. The van der Waals surface area contributed by atoms with Crippen LogP contribution in [-0.2, 0) is 24.2 Å². The van der Waals surface area contributed by atoms with Crippen LogP contribution in [0.5, 0.6) is 0 Å². The van der Waals surface area contributed by atoms with Crippen molar-refractivity contribution < 1.29 is 23.9 Å². The third-order valence-electron chi connectivity index (χ3n) is 6.18. The third-order valence-corrected chi connectivity index (χ3v) is 10.7. The number of rotatable bonds is 6. The molecule has 0 saturated heterocycles. The predicted octanol–water partition coefficient (Wildman–Crippen LogP) is 4.76. The van der Waals surface area contributed by atoms with Crippen LogP contribution in [0.3, 0.4) is 0 Å². The number of carboxylic acids is 1. The first kappa shape index (κ1) is 22.6. The van der Waals surface area contributed by atoms with Crippen LogP contribution in [0.15, 0.2) is 30.3 Å². The fourth-order valence-corrected chi connectivity index (χ4v) is 4.33. The van der Waals surface area contributed by atoms with Crippen LogP contribution in [-0.4, -0.2) is 37.6 Å². The third kappa shape index (κ3) is 3.89. The van der Waals surface area contributed by atoms with Gasteiger partial charge in [0, 0.05) is 12.0 Å². The molecule has 1 N–H and O–H groups in total. The summed E-state index contributed by atoms with van der Waals surface area (Å²) >= 11 is 0. The summed E-state index contributed by atoms with van der Waals surface area (Å²) in [5.41, 5.74) is -2.49. The number of hydrogen-bond acceptors (Lipinski definition) is 4. The van der Waals surface area contributed by atoms with E-state index < -0.39 is 36.7 Å². The molecule has 28 heavy (non-hydrogen) atoms. The lowest BCUT2D eigenvalue weighted by molar-refractivity contribution is -0.170. The van der Waals surface area contributed by atoms with Gasteiger partial charge in [-0.1, -0.05) is 51.1 Å². The molecule has 1 fully saturated rings. The molecule has 6 heteroatoms. The molecular formula is C22H34O5Si. The Labute approximate surface area is 169 Å². The molecule has 1 aliphatic carbocycles. The molecule has 0 aromatic heterocycles. The molecule has 0 bridgehead atoms. The lowest BCUT2D eigenvalue weighted by Gasteiger charge is -2.38. The summed E-state index contributed by atoms with van der Waals surface area (Å²) in [6.07, 6.45) is 0.183. The monoisotopic (exact) mass is 406 g/mol. The van der Waals surface area contributed by atoms with Crippen LogP contribution in [0, 0.1) is 5.41 Å². The summed E-state index contributed by atoms with van der Waals surface area (Å²) in [6, 6.07) is 9.37. The molecule has 0 heterocycles. The lowest BCUT2D eigenvalue weighted by Crippen LogP contribution is -2.46. The zero-order valence-electron chi connectivity index (χ0n) is 18.4. The highest BCUT2D eigenvalue weighted by Gasteiger charge is 2.79. The van der Waals surface area contributed by atoms with Crippen molar-refractivity contribution in [1.29, 1.82) is 0 Å². The second-order valence-corrected chi connectivity index (χ2v) is 15.2. The minimum absolute atomic E-state index is 0.0163. The Bertz CT molecular complexity index is 744. The van der Waals surface area contributed by atoms with Gasteiger partial charge in [0.2, 0.25) is 0 Å². The molecule has 0 radical (unpaired) electrons. The van der Waals surface area contributed by atoms with Crippen molar-refractivity contribution in [3.8, 4) is 0 Å². The highest BCUT2D eigenvalue weighted by molar-refractivity contribution is 6.74.